The highest BCUT2D eigenvalue weighted by Gasteiger charge is 2.28. The van der Waals surface area contributed by atoms with Crippen molar-refractivity contribution in [2.45, 2.75) is 44.7 Å². The van der Waals surface area contributed by atoms with Gasteiger partial charge in [0.2, 0.25) is 0 Å². The van der Waals surface area contributed by atoms with Crippen LogP contribution < -0.4 is 5.32 Å². The maximum atomic E-state index is 5.44. The first kappa shape index (κ1) is 15.2. The highest BCUT2D eigenvalue weighted by atomic mass is 16.5. The Hall–Kier alpha value is -0.160. The summed E-state index contributed by atoms with van der Waals surface area (Å²) >= 11 is 0. The van der Waals surface area contributed by atoms with Gasteiger partial charge in [-0.05, 0) is 45.8 Å². The molecule has 2 saturated heterocycles. The number of nitrogens with zero attached hydrogens (tertiary/aromatic N) is 2. The molecule has 0 amide bonds. The van der Waals surface area contributed by atoms with Gasteiger partial charge in [-0.1, -0.05) is 6.92 Å². The van der Waals surface area contributed by atoms with Crippen molar-refractivity contribution >= 4 is 0 Å². The lowest BCUT2D eigenvalue weighted by atomic mass is 10.1. The van der Waals surface area contributed by atoms with Crippen molar-refractivity contribution in [1.82, 2.24) is 15.1 Å². The molecule has 2 aliphatic heterocycles. The molecule has 0 aromatic carbocycles. The smallest absolute Gasteiger partial charge is 0.0594 e. The zero-order valence-electron chi connectivity index (χ0n) is 12.7. The lowest BCUT2D eigenvalue weighted by Gasteiger charge is -2.32. The van der Waals surface area contributed by atoms with Crippen LogP contribution in [0, 0.1) is 0 Å². The molecule has 112 valence electrons. The summed E-state index contributed by atoms with van der Waals surface area (Å²) in [6.07, 6.45) is 5.23. The molecule has 1 N–H and O–H groups in total. The Kier molecular flexibility index (Phi) is 6.57. The van der Waals surface area contributed by atoms with E-state index in [2.05, 4.69) is 29.1 Å². The predicted octanol–water partition coefficient (Wildman–Crippen LogP) is 1.17. The van der Waals surface area contributed by atoms with Crippen molar-refractivity contribution in [3.05, 3.63) is 0 Å². The Labute approximate surface area is 118 Å². The molecular formula is C15H31N3O. The number of morpholine rings is 1. The molecule has 0 aromatic rings. The molecule has 0 aromatic heterocycles. The molecule has 2 fully saturated rings. The molecule has 0 radical (unpaired) electrons. The van der Waals surface area contributed by atoms with Crippen LogP contribution in [0.25, 0.3) is 0 Å². The summed E-state index contributed by atoms with van der Waals surface area (Å²) in [6, 6.07) is 1.49. The third-order valence-electron chi connectivity index (χ3n) is 4.74. The Balaban J connectivity index is 1.61. The largest absolute Gasteiger partial charge is 0.379 e. The predicted molar refractivity (Wildman–Crippen MR) is 79.6 cm³/mol. The van der Waals surface area contributed by atoms with Crippen LogP contribution in [0.3, 0.4) is 0 Å². The third kappa shape index (κ3) is 4.71. The molecule has 2 heterocycles. The maximum Gasteiger partial charge on any atom is 0.0594 e. The van der Waals surface area contributed by atoms with E-state index in [0.717, 1.165) is 32.3 Å². The average molecular weight is 269 g/mol. The molecule has 4 heteroatoms. The second-order valence-electron chi connectivity index (χ2n) is 5.93. The number of rotatable bonds is 7. The fourth-order valence-electron chi connectivity index (χ4n) is 3.37. The minimum Gasteiger partial charge on any atom is -0.379 e. The molecule has 2 rings (SSSR count). The fraction of sp³-hybridized carbons (Fsp3) is 1.00. The topological polar surface area (TPSA) is 27.7 Å². The Morgan fingerprint density at radius 2 is 2.05 bits per heavy atom. The number of hydrogen-bond donors (Lipinski definition) is 1. The number of ether oxygens (including phenoxy) is 1. The Morgan fingerprint density at radius 3 is 2.74 bits per heavy atom. The van der Waals surface area contributed by atoms with Gasteiger partial charge in [0.15, 0.2) is 0 Å². The number of likely N-dealkylation sites (tertiary alicyclic amines) is 1. The summed E-state index contributed by atoms with van der Waals surface area (Å²) in [5.74, 6) is 0. The third-order valence-corrected chi connectivity index (χ3v) is 4.74. The minimum atomic E-state index is 0.706. The molecule has 4 nitrogen and oxygen atoms in total. The summed E-state index contributed by atoms with van der Waals surface area (Å²) in [7, 11) is 2.08. The van der Waals surface area contributed by atoms with E-state index in [-0.39, 0.29) is 0 Å². The van der Waals surface area contributed by atoms with Crippen LogP contribution >= 0.6 is 0 Å². The van der Waals surface area contributed by atoms with Gasteiger partial charge in [0.05, 0.1) is 13.2 Å². The van der Waals surface area contributed by atoms with Crippen LogP contribution in [0.5, 0.6) is 0 Å². The van der Waals surface area contributed by atoms with Gasteiger partial charge in [0, 0.05) is 31.7 Å². The second kappa shape index (κ2) is 8.20. The van der Waals surface area contributed by atoms with Crippen molar-refractivity contribution in [2.24, 2.45) is 0 Å². The van der Waals surface area contributed by atoms with Gasteiger partial charge in [-0.2, -0.15) is 0 Å². The average Bonchev–Trinajstić information content (AvgIpc) is 2.93. The molecule has 0 saturated carbocycles. The van der Waals surface area contributed by atoms with E-state index in [9.17, 15) is 0 Å². The molecule has 0 bridgehead atoms. The molecule has 2 atom stereocenters. The first-order valence-corrected chi connectivity index (χ1v) is 8.05. The van der Waals surface area contributed by atoms with E-state index in [4.69, 9.17) is 4.74 Å². The first-order chi connectivity index (χ1) is 9.33. The van der Waals surface area contributed by atoms with Gasteiger partial charge in [0.25, 0.3) is 0 Å². The van der Waals surface area contributed by atoms with E-state index >= 15 is 0 Å². The van der Waals surface area contributed by atoms with Gasteiger partial charge in [-0.3, -0.25) is 4.90 Å². The summed E-state index contributed by atoms with van der Waals surface area (Å²) < 4.78 is 5.44. The normalized spacial score (nSPS) is 27.8. The molecule has 19 heavy (non-hydrogen) atoms. The molecule has 0 aliphatic carbocycles. The number of nitrogens with one attached hydrogen (secondary N) is 1. The quantitative estimate of drug-likeness (QED) is 0.751. The van der Waals surface area contributed by atoms with E-state index in [1.165, 1.54) is 45.3 Å². The SMILES string of the molecule is CCC(CCCN1CCC(N2CCOCC2)C1)NC. The molecule has 2 aliphatic rings. The van der Waals surface area contributed by atoms with Gasteiger partial charge in [-0.25, -0.2) is 0 Å². The summed E-state index contributed by atoms with van der Waals surface area (Å²) in [5.41, 5.74) is 0. The fourth-order valence-corrected chi connectivity index (χ4v) is 3.37. The van der Waals surface area contributed by atoms with Crippen LogP contribution in [0.4, 0.5) is 0 Å². The molecular weight excluding hydrogens is 238 g/mol. The minimum absolute atomic E-state index is 0.706. The van der Waals surface area contributed by atoms with Crippen molar-refractivity contribution in [3.63, 3.8) is 0 Å². The lowest BCUT2D eigenvalue weighted by Crippen LogP contribution is -2.44. The lowest BCUT2D eigenvalue weighted by molar-refractivity contribution is 0.0185. The number of hydrogen-bond acceptors (Lipinski definition) is 4. The van der Waals surface area contributed by atoms with Gasteiger partial charge in [0.1, 0.15) is 0 Å². The van der Waals surface area contributed by atoms with Crippen molar-refractivity contribution in [3.8, 4) is 0 Å². The highest BCUT2D eigenvalue weighted by molar-refractivity contribution is 4.84. The monoisotopic (exact) mass is 269 g/mol. The van der Waals surface area contributed by atoms with E-state index in [1.807, 2.05) is 0 Å². The molecule has 2 unspecified atom stereocenters. The van der Waals surface area contributed by atoms with Crippen molar-refractivity contribution in [2.75, 3.05) is 53.0 Å². The summed E-state index contributed by atoms with van der Waals surface area (Å²) in [6.45, 7) is 10.2. The highest BCUT2D eigenvalue weighted by Crippen LogP contribution is 2.17. The van der Waals surface area contributed by atoms with E-state index < -0.39 is 0 Å². The van der Waals surface area contributed by atoms with Crippen molar-refractivity contribution in [1.29, 1.82) is 0 Å². The van der Waals surface area contributed by atoms with Gasteiger partial charge >= 0.3 is 0 Å². The van der Waals surface area contributed by atoms with Crippen LogP contribution in [0.1, 0.15) is 32.6 Å². The van der Waals surface area contributed by atoms with Crippen molar-refractivity contribution < 1.29 is 4.74 Å². The maximum absolute atomic E-state index is 5.44. The van der Waals surface area contributed by atoms with Crippen LogP contribution in [-0.2, 0) is 4.74 Å². The van der Waals surface area contributed by atoms with E-state index in [1.54, 1.807) is 0 Å². The second-order valence-corrected chi connectivity index (χ2v) is 5.93. The Morgan fingerprint density at radius 1 is 1.26 bits per heavy atom. The van der Waals surface area contributed by atoms with E-state index in [0.29, 0.717) is 6.04 Å². The van der Waals surface area contributed by atoms with Crippen LogP contribution in [0.2, 0.25) is 0 Å². The summed E-state index contributed by atoms with van der Waals surface area (Å²) in [4.78, 5) is 5.29. The molecule has 0 spiro atoms. The standard InChI is InChI=1S/C15H31N3O/c1-3-14(16-2)5-4-7-17-8-6-15(13-17)18-9-11-19-12-10-18/h14-16H,3-13H2,1-2H3. The zero-order chi connectivity index (χ0) is 13.5. The first-order valence-electron chi connectivity index (χ1n) is 8.05. The zero-order valence-corrected chi connectivity index (χ0v) is 12.7. The Bertz CT molecular complexity index is 240. The van der Waals surface area contributed by atoms with Crippen LogP contribution in [0.15, 0.2) is 0 Å². The van der Waals surface area contributed by atoms with Gasteiger partial charge in [-0.15, -0.1) is 0 Å². The summed E-state index contributed by atoms with van der Waals surface area (Å²) in [5, 5.41) is 3.40. The van der Waals surface area contributed by atoms with Gasteiger partial charge < -0.3 is 15.0 Å². The van der Waals surface area contributed by atoms with Crippen LogP contribution in [-0.4, -0.2) is 74.9 Å².